The van der Waals surface area contributed by atoms with E-state index in [9.17, 15) is 13.2 Å². The first-order chi connectivity index (χ1) is 13.7. The van der Waals surface area contributed by atoms with Gasteiger partial charge >= 0.3 is 6.18 Å². The van der Waals surface area contributed by atoms with Crippen LogP contribution in [0.25, 0.3) is 0 Å². The fourth-order valence-corrected chi connectivity index (χ4v) is 3.25. The molecule has 0 saturated carbocycles. The standard InChI is InChI=1S/C20H31F3N4O2/c1-15-12-27(13-16(2)29-15)10-4-9-25-19(24-3)26-11-17-5-7-18(8-6-17)28-14-20(21,22)23/h5-8,15-16H,4,9-14H2,1-3H3,(H2,24,25,26). The van der Waals surface area contributed by atoms with Crippen molar-refractivity contribution in [2.45, 2.75) is 45.2 Å². The Balaban J connectivity index is 1.65. The molecule has 6 nitrogen and oxygen atoms in total. The van der Waals surface area contributed by atoms with E-state index in [1.165, 1.54) is 12.1 Å². The molecule has 2 N–H and O–H groups in total. The maximum atomic E-state index is 12.2. The van der Waals surface area contributed by atoms with Gasteiger partial charge < -0.3 is 20.1 Å². The number of halogens is 3. The number of aliphatic imine (C=N–C) groups is 1. The van der Waals surface area contributed by atoms with Crippen molar-refractivity contribution in [3.8, 4) is 5.75 Å². The Morgan fingerprint density at radius 1 is 1.17 bits per heavy atom. The minimum atomic E-state index is -4.34. The van der Waals surface area contributed by atoms with Crippen LogP contribution in [-0.2, 0) is 11.3 Å². The SMILES string of the molecule is CN=C(NCCCN1CC(C)OC(C)C1)NCc1ccc(OCC(F)(F)F)cc1. The second-order valence-electron chi connectivity index (χ2n) is 7.27. The molecule has 2 unspecified atom stereocenters. The van der Waals surface area contributed by atoms with Crippen LogP contribution < -0.4 is 15.4 Å². The maximum Gasteiger partial charge on any atom is 0.422 e. The number of nitrogens with zero attached hydrogens (tertiary/aromatic N) is 2. The molecule has 0 spiro atoms. The first-order valence-electron chi connectivity index (χ1n) is 9.86. The zero-order valence-electron chi connectivity index (χ0n) is 17.3. The van der Waals surface area contributed by atoms with Gasteiger partial charge in [0.1, 0.15) is 5.75 Å². The molecule has 164 valence electrons. The van der Waals surface area contributed by atoms with Crippen LogP contribution >= 0.6 is 0 Å². The summed E-state index contributed by atoms with van der Waals surface area (Å²) in [7, 11) is 1.70. The Kier molecular flexibility index (Phi) is 9.03. The highest BCUT2D eigenvalue weighted by Crippen LogP contribution is 2.18. The first-order valence-corrected chi connectivity index (χ1v) is 9.86. The molecule has 1 aliphatic rings. The van der Waals surface area contributed by atoms with Gasteiger partial charge in [0.05, 0.1) is 12.2 Å². The fourth-order valence-electron chi connectivity index (χ4n) is 3.25. The molecule has 0 amide bonds. The molecule has 1 aromatic carbocycles. The third kappa shape index (κ3) is 9.36. The van der Waals surface area contributed by atoms with Crippen LogP contribution in [-0.4, -0.2) is 69.1 Å². The van der Waals surface area contributed by atoms with E-state index in [0.29, 0.717) is 12.5 Å². The quantitative estimate of drug-likeness (QED) is 0.388. The van der Waals surface area contributed by atoms with E-state index in [4.69, 9.17) is 9.47 Å². The van der Waals surface area contributed by atoms with Gasteiger partial charge in [0.2, 0.25) is 0 Å². The lowest BCUT2D eigenvalue weighted by atomic mass is 10.2. The molecule has 29 heavy (non-hydrogen) atoms. The highest BCUT2D eigenvalue weighted by Gasteiger charge is 2.28. The molecule has 0 radical (unpaired) electrons. The number of alkyl halides is 3. The maximum absolute atomic E-state index is 12.2. The molecule has 1 heterocycles. The Bertz CT molecular complexity index is 628. The van der Waals surface area contributed by atoms with Gasteiger partial charge in [-0.25, -0.2) is 0 Å². The van der Waals surface area contributed by atoms with E-state index in [0.717, 1.165) is 38.2 Å². The Morgan fingerprint density at radius 3 is 2.41 bits per heavy atom. The van der Waals surface area contributed by atoms with Crippen molar-refractivity contribution in [2.24, 2.45) is 4.99 Å². The second kappa shape index (κ2) is 11.3. The third-order valence-electron chi connectivity index (χ3n) is 4.45. The first kappa shape index (κ1) is 23.3. The van der Waals surface area contributed by atoms with Gasteiger partial charge in [-0.15, -0.1) is 0 Å². The Hall–Kier alpha value is -2.00. The van der Waals surface area contributed by atoms with Crippen LogP contribution in [0, 0.1) is 0 Å². The van der Waals surface area contributed by atoms with Crippen LogP contribution in [0.1, 0.15) is 25.8 Å². The molecule has 0 aliphatic carbocycles. The molecule has 1 aromatic rings. The lowest BCUT2D eigenvalue weighted by molar-refractivity contribution is -0.153. The van der Waals surface area contributed by atoms with E-state index in [1.807, 2.05) is 0 Å². The van der Waals surface area contributed by atoms with E-state index in [-0.39, 0.29) is 18.0 Å². The number of benzene rings is 1. The number of hydrogen-bond acceptors (Lipinski definition) is 4. The van der Waals surface area contributed by atoms with Crippen molar-refractivity contribution in [1.82, 2.24) is 15.5 Å². The van der Waals surface area contributed by atoms with Crippen molar-refractivity contribution in [3.63, 3.8) is 0 Å². The summed E-state index contributed by atoms with van der Waals surface area (Å²) < 4.78 is 47.0. The second-order valence-corrected chi connectivity index (χ2v) is 7.27. The molecule has 9 heteroatoms. The summed E-state index contributed by atoms with van der Waals surface area (Å²) in [5.74, 6) is 0.881. The van der Waals surface area contributed by atoms with Crippen molar-refractivity contribution in [2.75, 3.05) is 39.8 Å². The lowest BCUT2D eigenvalue weighted by Crippen LogP contribution is -2.46. The molecule has 1 fully saturated rings. The summed E-state index contributed by atoms with van der Waals surface area (Å²) in [6.45, 7) is 7.13. The number of nitrogens with one attached hydrogen (secondary N) is 2. The Labute approximate surface area is 170 Å². The molecule has 0 aromatic heterocycles. The number of rotatable bonds is 8. The summed E-state index contributed by atoms with van der Waals surface area (Å²) in [5.41, 5.74) is 0.920. The zero-order chi connectivity index (χ0) is 21.3. The molecule has 2 atom stereocenters. The smallest absolute Gasteiger partial charge is 0.422 e. The summed E-state index contributed by atoms with van der Waals surface area (Å²) in [6, 6.07) is 6.52. The van der Waals surface area contributed by atoms with Gasteiger partial charge in [0, 0.05) is 39.8 Å². The number of hydrogen-bond donors (Lipinski definition) is 2. The van der Waals surface area contributed by atoms with Crippen LogP contribution in [0.2, 0.25) is 0 Å². The van der Waals surface area contributed by atoms with Crippen LogP contribution in [0.4, 0.5) is 13.2 Å². The number of ether oxygens (including phenoxy) is 2. The molecule has 0 bridgehead atoms. The molecule has 1 saturated heterocycles. The van der Waals surface area contributed by atoms with Crippen LogP contribution in [0.3, 0.4) is 0 Å². The van der Waals surface area contributed by atoms with Gasteiger partial charge in [-0.2, -0.15) is 13.2 Å². The van der Waals surface area contributed by atoms with Crippen molar-refractivity contribution in [3.05, 3.63) is 29.8 Å². The van der Waals surface area contributed by atoms with Gasteiger partial charge in [-0.3, -0.25) is 9.89 Å². The van der Waals surface area contributed by atoms with Crippen molar-refractivity contribution >= 4 is 5.96 Å². The lowest BCUT2D eigenvalue weighted by Gasteiger charge is -2.35. The van der Waals surface area contributed by atoms with Gasteiger partial charge in [-0.05, 0) is 38.0 Å². The van der Waals surface area contributed by atoms with E-state index >= 15 is 0 Å². The largest absolute Gasteiger partial charge is 0.484 e. The zero-order valence-corrected chi connectivity index (χ0v) is 17.3. The molecular weight excluding hydrogens is 385 g/mol. The summed E-state index contributed by atoms with van der Waals surface area (Å²) in [5, 5.41) is 6.48. The summed E-state index contributed by atoms with van der Waals surface area (Å²) >= 11 is 0. The predicted molar refractivity (Wildman–Crippen MR) is 107 cm³/mol. The minimum absolute atomic E-state index is 0.195. The van der Waals surface area contributed by atoms with E-state index < -0.39 is 12.8 Å². The molecular formula is C20H31F3N4O2. The average molecular weight is 416 g/mol. The summed E-state index contributed by atoms with van der Waals surface area (Å²) in [4.78, 5) is 6.61. The third-order valence-corrected chi connectivity index (χ3v) is 4.45. The monoisotopic (exact) mass is 416 g/mol. The molecule has 2 rings (SSSR count). The van der Waals surface area contributed by atoms with Gasteiger partial charge in [0.15, 0.2) is 12.6 Å². The molecule has 1 aliphatic heterocycles. The number of guanidine groups is 1. The minimum Gasteiger partial charge on any atom is -0.484 e. The normalized spacial score (nSPS) is 21.1. The highest BCUT2D eigenvalue weighted by molar-refractivity contribution is 5.79. The van der Waals surface area contributed by atoms with Crippen molar-refractivity contribution in [1.29, 1.82) is 0 Å². The van der Waals surface area contributed by atoms with Crippen molar-refractivity contribution < 1.29 is 22.6 Å². The topological polar surface area (TPSA) is 58.1 Å². The van der Waals surface area contributed by atoms with E-state index in [1.54, 1.807) is 19.2 Å². The van der Waals surface area contributed by atoms with Gasteiger partial charge in [0.25, 0.3) is 0 Å². The van der Waals surface area contributed by atoms with E-state index in [2.05, 4.69) is 34.4 Å². The highest BCUT2D eigenvalue weighted by atomic mass is 19.4. The van der Waals surface area contributed by atoms with Crippen LogP contribution in [0.5, 0.6) is 5.75 Å². The van der Waals surface area contributed by atoms with Gasteiger partial charge in [-0.1, -0.05) is 12.1 Å². The average Bonchev–Trinajstić information content (AvgIpc) is 2.65. The predicted octanol–water partition coefficient (Wildman–Crippen LogP) is 2.79. The summed E-state index contributed by atoms with van der Waals surface area (Å²) in [6.07, 6.45) is -2.81. The van der Waals surface area contributed by atoms with Crippen LogP contribution in [0.15, 0.2) is 29.3 Å². The Morgan fingerprint density at radius 2 is 1.83 bits per heavy atom. The number of morpholine rings is 1. The fraction of sp³-hybridized carbons (Fsp3) is 0.650.